The van der Waals surface area contributed by atoms with Crippen LogP contribution in [0.2, 0.25) is 0 Å². The molecule has 1 aromatic carbocycles. The molecule has 4 nitrogen and oxygen atoms in total. The lowest BCUT2D eigenvalue weighted by molar-refractivity contribution is -0.117. The van der Waals surface area contributed by atoms with Gasteiger partial charge in [0.25, 0.3) is 0 Å². The minimum absolute atomic E-state index is 0.0452. The molecule has 6 heteroatoms. The Balaban J connectivity index is 2.77. The molecule has 0 radical (unpaired) electrons. The Morgan fingerprint density at radius 2 is 1.95 bits per heavy atom. The highest BCUT2D eigenvalue weighted by Gasteiger charge is 2.10. The molecule has 1 rings (SSSR count). The molecule has 0 aliphatic carbocycles. The van der Waals surface area contributed by atoms with Crippen LogP contribution in [0.5, 0.6) is 11.5 Å². The number of benzene rings is 1. The minimum atomic E-state index is -2.92. The number of hydrogen-bond donors (Lipinski definition) is 1. The van der Waals surface area contributed by atoms with Crippen molar-refractivity contribution in [2.75, 3.05) is 7.11 Å². The fourth-order valence-electron chi connectivity index (χ4n) is 1.90. The summed E-state index contributed by atoms with van der Waals surface area (Å²) in [6, 6.07) is 4.62. The second-order valence-corrected chi connectivity index (χ2v) is 4.64. The number of halogens is 2. The van der Waals surface area contributed by atoms with Crippen LogP contribution in [0.15, 0.2) is 24.3 Å². The molecule has 1 amide bonds. The van der Waals surface area contributed by atoms with Gasteiger partial charge in [-0.2, -0.15) is 8.78 Å². The second-order valence-electron chi connectivity index (χ2n) is 4.64. The molecule has 0 heterocycles. The molecule has 0 bridgehead atoms. The average molecular weight is 313 g/mol. The largest absolute Gasteiger partial charge is 0.493 e. The van der Waals surface area contributed by atoms with E-state index in [-0.39, 0.29) is 23.4 Å². The Labute approximate surface area is 129 Å². The van der Waals surface area contributed by atoms with Crippen molar-refractivity contribution in [2.24, 2.45) is 0 Å². The van der Waals surface area contributed by atoms with Gasteiger partial charge < -0.3 is 14.8 Å². The number of nitrogens with one attached hydrogen (secondary N) is 1. The third-order valence-electron chi connectivity index (χ3n) is 3.16. The molecular formula is C16H21F2NO3. The number of carbonyl (C=O) groups excluding carboxylic acids is 1. The molecule has 0 aliphatic heterocycles. The first kappa shape index (κ1) is 17.9. The Kier molecular flexibility index (Phi) is 7.36. The molecule has 0 fully saturated rings. The summed E-state index contributed by atoms with van der Waals surface area (Å²) in [6.45, 7) is 1.09. The summed E-state index contributed by atoms with van der Waals surface area (Å²) in [5.41, 5.74) is 0.651. The van der Waals surface area contributed by atoms with Gasteiger partial charge in [-0.25, -0.2) is 0 Å². The van der Waals surface area contributed by atoms with Crippen molar-refractivity contribution in [2.45, 2.75) is 39.3 Å². The number of carbonyl (C=O) groups is 1. The number of methoxy groups -OCH3 is 1. The molecule has 0 atom stereocenters. The third-order valence-corrected chi connectivity index (χ3v) is 3.16. The fraction of sp³-hybridized carbons (Fsp3) is 0.438. The number of ether oxygens (including phenoxy) is 2. The van der Waals surface area contributed by atoms with Crippen molar-refractivity contribution in [1.29, 1.82) is 0 Å². The van der Waals surface area contributed by atoms with Crippen molar-refractivity contribution < 1.29 is 23.0 Å². The van der Waals surface area contributed by atoms with E-state index in [2.05, 4.69) is 10.1 Å². The standard InChI is InChI=1S/C16H21F2NO3/c1-4-12(5-2)19-15(20)9-7-11-6-8-13(22-16(17)18)14(10-11)21-3/h6-10,12,16H,4-5H2,1-3H3,(H,19,20). The van der Waals surface area contributed by atoms with Crippen molar-refractivity contribution >= 4 is 12.0 Å². The lowest BCUT2D eigenvalue weighted by Crippen LogP contribution is -2.32. The monoisotopic (exact) mass is 313 g/mol. The first-order valence-corrected chi connectivity index (χ1v) is 7.11. The average Bonchev–Trinajstić information content (AvgIpc) is 2.51. The van der Waals surface area contributed by atoms with Crippen LogP contribution >= 0.6 is 0 Å². The van der Waals surface area contributed by atoms with Crippen LogP contribution in [0.25, 0.3) is 6.08 Å². The molecule has 0 unspecified atom stereocenters. The Morgan fingerprint density at radius 3 is 2.50 bits per heavy atom. The van der Waals surface area contributed by atoms with Gasteiger partial charge in [0.05, 0.1) is 7.11 Å². The van der Waals surface area contributed by atoms with E-state index in [1.54, 1.807) is 12.1 Å². The topological polar surface area (TPSA) is 47.6 Å². The molecule has 22 heavy (non-hydrogen) atoms. The fourth-order valence-corrected chi connectivity index (χ4v) is 1.90. The zero-order chi connectivity index (χ0) is 16.5. The van der Waals surface area contributed by atoms with Crippen LogP contribution in [0.1, 0.15) is 32.3 Å². The quantitative estimate of drug-likeness (QED) is 0.746. The summed E-state index contributed by atoms with van der Waals surface area (Å²) in [6.07, 6.45) is 4.72. The molecule has 0 spiro atoms. The predicted octanol–water partition coefficient (Wildman–Crippen LogP) is 3.61. The summed E-state index contributed by atoms with van der Waals surface area (Å²) < 4.78 is 33.8. The third kappa shape index (κ3) is 5.71. The highest BCUT2D eigenvalue weighted by Crippen LogP contribution is 2.29. The van der Waals surface area contributed by atoms with Gasteiger partial charge in [0.1, 0.15) is 0 Å². The van der Waals surface area contributed by atoms with Crippen LogP contribution in [-0.2, 0) is 4.79 Å². The molecule has 0 aliphatic rings. The van der Waals surface area contributed by atoms with Crippen LogP contribution in [0, 0.1) is 0 Å². The zero-order valence-corrected chi connectivity index (χ0v) is 12.9. The van der Waals surface area contributed by atoms with Gasteiger partial charge in [0.15, 0.2) is 11.5 Å². The van der Waals surface area contributed by atoms with Gasteiger partial charge in [-0.15, -0.1) is 0 Å². The van der Waals surface area contributed by atoms with Crippen molar-refractivity contribution in [3.8, 4) is 11.5 Å². The molecule has 1 N–H and O–H groups in total. The van der Waals surface area contributed by atoms with E-state index in [0.717, 1.165) is 12.8 Å². The number of amides is 1. The molecular weight excluding hydrogens is 292 g/mol. The summed E-state index contributed by atoms with van der Waals surface area (Å²) in [7, 11) is 1.36. The zero-order valence-electron chi connectivity index (χ0n) is 12.9. The normalized spacial score (nSPS) is 11.2. The molecule has 0 saturated carbocycles. The lowest BCUT2D eigenvalue weighted by atomic mass is 10.1. The van der Waals surface area contributed by atoms with Crippen LogP contribution < -0.4 is 14.8 Å². The van der Waals surface area contributed by atoms with E-state index < -0.39 is 6.61 Å². The summed E-state index contributed by atoms with van der Waals surface area (Å²) in [5, 5.41) is 2.87. The number of hydrogen-bond acceptors (Lipinski definition) is 3. The number of rotatable bonds is 8. The van der Waals surface area contributed by atoms with E-state index in [9.17, 15) is 13.6 Å². The van der Waals surface area contributed by atoms with E-state index in [1.807, 2.05) is 13.8 Å². The predicted molar refractivity (Wildman–Crippen MR) is 81.2 cm³/mol. The number of alkyl halides is 2. The van der Waals surface area contributed by atoms with E-state index in [0.29, 0.717) is 5.56 Å². The maximum Gasteiger partial charge on any atom is 0.387 e. The maximum atomic E-state index is 12.2. The van der Waals surface area contributed by atoms with Crippen LogP contribution in [0.4, 0.5) is 8.78 Å². The van der Waals surface area contributed by atoms with E-state index in [1.165, 1.54) is 25.3 Å². The van der Waals surface area contributed by atoms with Gasteiger partial charge in [-0.05, 0) is 36.6 Å². The molecule has 0 aromatic heterocycles. The maximum absolute atomic E-state index is 12.2. The lowest BCUT2D eigenvalue weighted by Gasteiger charge is -2.12. The van der Waals surface area contributed by atoms with Gasteiger partial charge in [0, 0.05) is 12.1 Å². The SMILES string of the molecule is CCC(CC)NC(=O)C=Cc1ccc(OC(F)F)c(OC)c1. The van der Waals surface area contributed by atoms with E-state index in [4.69, 9.17) is 4.74 Å². The summed E-state index contributed by atoms with van der Waals surface area (Å²) in [4.78, 5) is 11.8. The van der Waals surface area contributed by atoms with Crippen LogP contribution in [-0.4, -0.2) is 25.7 Å². The van der Waals surface area contributed by atoms with Crippen LogP contribution in [0.3, 0.4) is 0 Å². The Morgan fingerprint density at radius 1 is 1.27 bits per heavy atom. The highest BCUT2D eigenvalue weighted by atomic mass is 19.3. The molecule has 1 aromatic rings. The second kappa shape index (κ2) is 9.02. The first-order chi connectivity index (χ1) is 10.5. The highest BCUT2D eigenvalue weighted by molar-refractivity contribution is 5.92. The Bertz CT molecular complexity index is 514. The van der Waals surface area contributed by atoms with Crippen molar-refractivity contribution in [3.63, 3.8) is 0 Å². The summed E-state index contributed by atoms with van der Waals surface area (Å²) in [5.74, 6) is -0.0560. The van der Waals surface area contributed by atoms with Gasteiger partial charge in [0.2, 0.25) is 5.91 Å². The minimum Gasteiger partial charge on any atom is -0.493 e. The summed E-state index contributed by atoms with van der Waals surface area (Å²) >= 11 is 0. The van der Waals surface area contributed by atoms with Gasteiger partial charge in [-0.3, -0.25) is 4.79 Å². The van der Waals surface area contributed by atoms with E-state index >= 15 is 0 Å². The van der Waals surface area contributed by atoms with Gasteiger partial charge in [-0.1, -0.05) is 19.9 Å². The molecule has 122 valence electrons. The first-order valence-electron chi connectivity index (χ1n) is 7.11. The molecule has 0 saturated heterocycles. The van der Waals surface area contributed by atoms with Gasteiger partial charge >= 0.3 is 6.61 Å². The smallest absolute Gasteiger partial charge is 0.387 e. The van der Waals surface area contributed by atoms with Crippen molar-refractivity contribution in [3.05, 3.63) is 29.8 Å². The van der Waals surface area contributed by atoms with Crippen molar-refractivity contribution in [1.82, 2.24) is 5.32 Å². The Hall–Kier alpha value is -2.11.